The summed E-state index contributed by atoms with van der Waals surface area (Å²) in [5.41, 5.74) is 2.76. The molecular weight excluding hydrogens is 244 g/mol. The van der Waals surface area contributed by atoms with Crippen LogP contribution in [0.25, 0.3) is 0 Å². The van der Waals surface area contributed by atoms with Crippen molar-refractivity contribution in [2.24, 2.45) is 0 Å². The zero-order chi connectivity index (χ0) is 10.6. The number of rotatable bonds is 3. The molecule has 76 valence electrons. The minimum Gasteiger partial charge on any atom is -0.461 e. The minimum atomic E-state index is -0.245. The lowest BCUT2D eigenvalue weighted by Crippen LogP contribution is -2.09. The topological polar surface area (TPSA) is 26.3 Å². The van der Waals surface area contributed by atoms with Gasteiger partial charge in [-0.15, -0.1) is 0 Å². The van der Waals surface area contributed by atoms with Crippen LogP contribution in [-0.4, -0.2) is 17.9 Å². The Kier molecular flexibility index (Phi) is 4.14. The lowest BCUT2D eigenvalue weighted by Gasteiger charge is -2.07. The van der Waals surface area contributed by atoms with E-state index in [1.807, 2.05) is 26.0 Å². The molecule has 0 unspecified atom stereocenters. The molecule has 0 bridgehead atoms. The maximum atomic E-state index is 11.5. The fraction of sp³-hybridized carbons (Fsp3) is 0.364. The van der Waals surface area contributed by atoms with Gasteiger partial charge < -0.3 is 4.74 Å². The second-order valence-corrected chi connectivity index (χ2v) is 3.87. The monoisotopic (exact) mass is 256 g/mol. The Hall–Kier alpha value is -0.830. The molecule has 0 aliphatic rings. The molecule has 0 heterocycles. The zero-order valence-electron chi connectivity index (χ0n) is 8.34. The molecule has 3 heteroatoms. The summed E-state index contributed by atoms with van der Waals surface area (Å²) in [4.78, 5) is 11.5. The van der Waals surface area contributed by atoms with E-state index in [2.05, 4.69) is 15.9 Å². The summed E-state index contributed by atoms with van der Waals surface area (Å²) < 4.78 is 5.03. The quantitative estimate of drug-likeness (QED) is 0.614. The fourth-order valence-electron chi connectivity index (χ4n) is 1.18. The Balaban J connectivity index is 2.84. The number of benzene rings is 1. The van der Waals surface area contributed by atoms with Crippen LogP contribution in [0, 0.1) is 13.8 Å². The first kappa shape index (κ1) is 11.2. The van der Waals surface area contributed by atoms with Crippen molar-refractivity contribution in [1.29, 1.82) is 0 Å². The normalized spacial score (nSPS) is 9.93. The molecule has 1 aromatic rings. The Morgan fingerprint density at radius 1 is 1.43 bits per heavy atom. The van der Waals surface area contributed by atoms with Crippen LogP contribution >= 0.6 is 15.9 Å². The fourth-order valence-corrected chi connectivity index (χ4v) is 1.34. The summed E-state index contributed by atoms with van der Waals surface area (Å²) >= 11 is 3.21. The van der Waals surface area contributed by atoms with Gasteiger partial charge in [-0.05, 0) is 31.0 Å². The Labute approximate surface area is 92.4 Å². The second-order valence-electron chi connectivity index (χ2n) is 3.07. The van der Waals surface area contributed by atoms with E-state index < -0.39 is 0 Å². The Morgan fingerprint density at radius 2 is 2.14 bits per heavy atom. The SMILES string of the molecule is Cc1cccc(C(=O)OCCBr)c1C. The third kappa shape index (κ3) is 2.58. The molecular formula is C11H13BrO2. The molecule has 0 saturated carbocycles. The van der Waals surface area contributed by atoms with Gasteiger partial charge in [-0.25, -0.2) is 4.79 Å². The Bertz CT molecular complexity index is 334. The molecule has 0 aliphatic heterocycles. The average Bonchev–Trinajstić information content (AvgIpc) is 2.18. The van der Waals surface area contributed by atoms with Crippen LogP contribution in [0.2, 0.25) is 0 Å². The third-order valence-corrected chi connectivity index (χ3v) is 2.46. The van der Waals surface area contributed by atoms with E-state index in [0.29, 0.717) is 17.5 Å². The standard InChI is InChI=1S/C11H13BrO2/c1-8-4-3-5-10(9(8)2)11(13)14-7-6-12/h3-5H,6-7H2,1-2H3. The molecule has 1 aromatic carbocycles. The van der Waals surface area contributed by atoms with Crippen LogP contribution in [0.3, 0.4) is 0 Å². The number of esters is 1. The van der Waals surface area contributed by atoms with E-state index >= 15 is 0 Å². The lowest BCUT2D eigenvalue weighted by molar-refractivity contribution is 0.0530. The summed E-state index contributed by atoms with van der Waals surface area (Å²) in [5.74, 6) is -0.245. The van der Waals surface area contributed by atoms with E-state index in [1.54, 1.807) is 6.07 Å². The van der Waals surface area contributed by atoms with Gasteiger partial charge in [0.25, 0.3) is 0 Å². The van der Waals surface area contributed by atoms with Crippen molar-refractivity contribution in [2.45, 2.75) is 13.8 Å². The lowest BCUT2D eigenvalue weighted by atomic mass is 10.0. The number of alkyl halides is 1. The largest absolute Gasteiger partial charge is 0.461 e. The van der Waals surface area contributed by atoms with Crippen LogP contribution in [0.15, 0.2) is 18.2 Å². The molecule has 0 amide bonds. The van der Waals surface area contributed by atoms with E-state index in [0.717, 1.165) is 11.1 Å². The molecule has 0 fully saturated rings. The van der Waals surface area contributed by atoms with Gasteiger partial charge in [-0.1, -0.05) is 28.1 Å². The Morgan fingerprint density at radius 3 is 2.79 bits per heavy atom. The van der Waals surface area contributed by atoms with Crippen molar-refractivity contribution in [2.75, 3.05) is 11.9 Å². The van der Waals surface area contributed by atoms with Crippen LogP contribution in [0.4, 0.5) is 0 Å². The van der Waals surface area contributed by atoms with Crippen LogP contribution in [0.1, 0.15) is 21.5 Å². The highest BCUT2D eigenvalue weighted by Crippen LogP contribution is 2.13. The minimum absolute atomic E-state index is 0.245. The van der Waals surface area contributed by atoms with Crippen LogP contribution < -0.4 is 0 Å². The molecule has 0 spiro atoms. The van der Waals surface area contributed by atoms with Gasteiger partial charge in [0.1, 0.15) is 6.61 Å². The molecule has 0 aromatic heterocycles. The molecule has 0 aliphatic carbocycles. The van der Waals surface area contributed by atoms with E-state index in [9.17, 15) is 4.79 Å². The first-order valence-corrected chi connectivity index (χ1v) is 5.58. The molecule has 0 atom stereocenters. The molecule has 0 radical (unpaired) electrons. The number of aryl methyl sites for hydroxylation is 1. The number of carbonyl (C=O) groups excluding carboxylic acids is 1. The number of halogens is 1. The van der Waals surface area contributed by atoms with Gasteiger partial charge >= 0.3 is 5.97 Å². The highest BCUT2D eigenvalue weighted by atomic mass is 79.9. The average molecular weight is 257 g/mol. The first-order chi connectivity index (χ1) is 6.66. The zero-order valence-corrected chi connectivity index (χ0v) is 9.93. The maximum Gasteiger partial charge on any atom is 0.338 e. The second kappa shape index (κ2) is 5.15. The summed E-state index contributed by atoms with van der Waals surface area (Å²) in [7, 11) is 0. The molecule has 2 nitrogen and oxygen atoms in total. The van der Waals surface area contributed by atoms with Gasteiger partial charge in [0, 0.05) is 5.33 Å². The van der Waals surface area contributed by atoms with Crippen molar-refractivity contribution >= 4 is 21.9 Å². The summed E-state index contributed by atoms with van der Waals surface area (Å²) in [6.45, 7) is 4.32. The van der Waals surface area contributed by atoms with Crippen LogP contribution in [-0.2, 0) is 4.74 Å². The van der Waals surface area contributed by atoms with Gasteiger partial charge in [0.2, 0.25) is 0 Å². The number of carbonyl (C=O) groups is 1. The summed E-state index contributed by atoms with van der Waals surface area (Å²) in [6, 6.07) is 5.64. The number of hydrogen-bond acceptors (Lipinski definition) is 2. The van der Waals surface area contributed by atoms with Gasteiger partial charge in [0.15, 0.2) is 0 Å². The van der Waals surface area contributed by atoms with Crippen molar-refractivity contribution in [3.05, 3.63) is 34.9 Å². The van der Waals surface area contributed by atoms with E-state index in [-0.39, 0.29) is 5.97 Å². The van der Waals surface area contributed by atoms with Gasteiger partial charge in [0.05, 0.1) is 5.56 Å². The molecule has 14 heavy (non-hydrogen) atoms. The summed E-state index contributed by atoms with van der Waals surface area (Å²) in [5, 5.41) is 0.670. The van der Waals surface area contributed by atoms with Crippen molar-refractivity contribution in [3.63, 3.8) is 0 Å². The maximum absolute atomic E-state index is 11.5. The van der Waals surface area contributed by atoms with Crippen molar-refractivity contribution < 1.29 is 9.53 Å². The highest BCUT2D eigenvalue weighted by molar-refractivity contribution is 9.09. The molecule has 1 rings (SSSR count). The van der Waals surface area contributed by atoms with Crippen molar-refractivity contribution in [1.82, 2.24) is 0 Å². The molecule has 0 N–H and O–H groups in total. The highest BCUT2D eigenvalue weighted by Gasteiger charge is 2.10. The predicted octanol–water partition coefficient (Wildman–Crippen LogP) is 2.86. The van der Waals surface area contributed by atoms with Crippen molar-refractivity contribution in [3.8, 4) is 0 Å². The number of hydrogen-bond donors (Lipinski definition) is 0. The van der Waals surface area contributed by atoms with Crippen LogP contribution in [0.5, 0.6) is 0 Å². The third-order valence-electron chi connectivity index (χ3n) is 2.13. The summed E-state index contributed by atoms with van der Waals surface area (Å²) in [6.07, 6.45) is 0. The number of ether oxygens (including phenoxy) is 1. The van der Waals surface area contributed by atoms with E-state index in [4.69, 9.17) is 4.74 Å². The smallest absolute Gasteiger partial charge is 0.338 e. The van der Waals surface area contributed by atoms with Gasteiger partial charge in [-0.3, -0.25) is 0 Å². The first-order valence-electron chi connectivity index (χ1n) is 4.46. The predicted molar refractivity (Wildman–Crippen MR) is 60.0 cm³/mol. The van der Waals surface area contributed by atoms with Gasteiger partial charge in [-0.2, -0.15) is 0 Å². The molecule has 0 saturated heterocycles. The van der Waals surface area contributed by atoms with E-state index in [1.165, 1.54) is 0 Å².